The molecule has 0 bridgehead atoms. The van der Waals surface area contributed by atoms with Gasteiger partial charge in [-0.2, -0.15) is 0 Å². The monoisotopic (exact) mass is 647 g/mol. The van der Waals surface area contributed by atoms with Crippen LogP contribution in [0.15, 0.2) is 23.3 Å². The maximum Gasteiger partial charge on any atom is 0.0681 e. The largest absolute Gasteiger partial charge is 0.373 e. The first-order chi connectivity index (χ1) is 23.2. The molecule has 2 atom stereocenters. The first kappa shape index (κ1) is 36.2. The van der Waals surface area contributed by atoms with Crippen molar-refractivity contribution in [2.24, 2.45) is 59.2 Å². The Morgan fingerprint density at radius 1 is 0.426 bits per heavy atom. The molecule has 0 amide bonds. The Kier molecular flexibility index (Phi) is 14.8. The van der Waals surface area contributed by atoms with Gasteiger partial charge in [-0.1, -0.05) is 90.2 Å². The molecule has 6 aliphatic rings. The summed E-state index contributed by atoms with van der Waals surface area (Å²) >= 11 is 0. The van der Waals surface area contributed by atoms with Crippen LogP contribution in [0.5, 0.6) is 0 Å². The van der Waals surface area contributed by atoms with E-state index in [-0.39, 0.29) is 0 Å². The zero-order chi connectivity index (χ0) is 32.3. The van der Waals surface area contributed by atoms with Crippen LogP contribution in [-0.2, 0) is 4.74 Å². The molecule has 0 heterocycles. The summed E-state index contributed by atoms with van der Waals surface area (Å²) in [6, 6.07) is 0. The molecule has 0 aromatic rings. The summed E-state index contributed by atoms with van der Waals surface area (Å²) in [5.41, 5.74) is 3.21. The standard InChI is InChI=1S/C46H78O/c1-3-5-7-35-9-17-39(18-10-35)43-25-29-45(30-26-43)41-21-13-37(14-22-41)33-47-34-38-15-23-42(24-16-38)46-31-27-44(28-32-46)40-19-11-36(12-20-40)8-6-4-2/h13,15,35-36,39-46H,3-12,14,16-34H2,1-2H3. The predicted molar refractivity (Wildman–Crippen MR) is 203 cm³/mol. The lowest BCUT2D eigenvalue weighted by Gasteiger charge is -2.40. The van der Waals surface area contributed by atoms with Crippen LogP contribution in [-0.4, -0.2) is 13.2 Å². The number of hydrogen-bond acceptors (Lipinski definition) is 1. The minimum atomic E-state index is 0.895. The van der Waals surface area contributed by atoms with Gasteiger partial charge in [0.25, 0.3) is 0 Å². The Bertz CT molecular complexity index is 852. The van der Waals surface area contributed by atoms with E-state index < -0.39 is 0 Å². The maximum absolute atomic E-state index is 6.36. The molecular weight excluding hydrogens is 569 g/mol. The summed E-state index contributed by atoms with van der Waals surface area (Å²) in [4.78, 5) is 0. The van der Waals surface area contributed by atoms with E-state index in [4.69, 9.17) is 4.74 Å². The molecule has 0 saturated heterocycles. The van der Waals surface area contributed by atoms with Gasteiger partial charge >= 0.3 is 0 Å². The second-order valence-electron chi connectivity index (χ2n) is 18.5. The number of ether oxygens (including phenoxy) is 1. The first-order valence-electron chi connectivity index (χ1n) is 22.1. The Hall–Kier alpha value is -0.560. The van der Waals surface area contributed by atoms with Gasteiger partial charge in [0.15, 0.2) is 0 Å². The summed E-state index contributed by atoms with van der Waals surface area (Å²) in [5.74, 6) is 10.4. The van der Waals surface area contributed by atoms with Crippen LogP contribution in [0.25, 0.3) is 0 Å². The fourth-order valence-corrected chi connectivity index (χ4v) is 12.3. The second kappa shape index (κ2) is 19.2. The van der Waals surface area contributed by atoms with Crippen molar-refractivity contribution in [1.82, 2.24) is 0 Å². The third-order valence-electron chi connectivity index (χ3n) is 15.7. The highest BCUT2D eigenvalue weighted by Crippen LogP contribution is 2.47. The summed E-state index contributed by atoms with van der Waals surface area (Å²) in [5, 5.41) is 0. The highest BCUT2D eigenvalue weighted by molar-refractivity contribution is 5.10. The van der Waals surface area contributed by atoms with Crippen molar-refractivity contribution in [3.63, 3.8) is 0 Å². The predicted octanol–water partition coefficient (Wildman–Crippen LogP) is 14.1. The molecule has 6 rings (SSSR count). The molecule has 47 heavy (non-hydrogen) atoms. The van der Waals surface area contributed by atoms with E-state index in [0.29, 0.717) is 0 Å². The zero-order valence-corrected chi connectivity index (χ0v) is 31.5. The minimum Gasteiger partial charge on any atom is -0.373 e. The summed E-state index contributed by atoms with van der Waals surface area (Å²) in [7, 11) is 0. The van der Waals surface area contributed by atoms with Crippen molar-refractivity contribution in [3.05, 3.63) is 23.3 Å². The summed E-state index contributed by atoms with van der Waals surface area (Å²) in [6.45, 7) is 6.50. The molecule has 268 valence electrons. The molecule has 0 spiro atoms. The van der Waals surface area contributed by atoms with Crippen LogP contribution in [0.1, 0.15) is 194 Å². The maximum atomic E-state index is 6.36. The molecule has 2 unspecified atom stereocenters. The van der Waals surface area contributed by atoms with Gasteiger partial charge in [-0.05, 0) is 186 Å². The molecule has 1 heteroatoms. The van der Waals surface area contributed by atoms with E-state index >= 15 is 0 Å². The molecule has 0 radical (unpaired) electrons. The molecule has 0 N–H and O–H groups in total. The molecule has 0 aromatic carbocycles. The van der Waals surface area contributed by atoms with Gasteiger partial charge in [-0.25, -0.2) is 0 Å². The summed E-state index contributed by atoms with van der Waals surface area (Å²) < 4.78 is 6.36. The molecule has 6 aliphatic carbocycles. The quantitative estimate of drug-likeness (QED) is 0.171. The number of unbranched alkanes of at least 4 members (excludes halogenated alkanes) is 2. The molecular formula is C46H78O. The fraction of sp³-hybridized carbons (Fsp3) is 0.913. The van der Waals surface area contributed by atoms with Crippen LogP contribution in [0.3, 0.4) is 0 Å². The van der Waals surface area contributed by atoms with E-state index in [1.165, 1.54) is 103 Å². The molecule has 0 aromatic heterocycles. The van der Waals surface area contributed by atoms with Crippen LogP contribution in [0.2, 0.25) is 0 Å². The van der Waals surface area contributed by atoms with Crippen molar-refractivity contribution >= 4 is 0 Å². The lowest BCUT2D eigenvalue weighted by molar-refractivity contribution is 0.116. The van der Waals surface area contributed by atoms with Crippen molar-refractivity contribution in [2.45, 2.75) is 194 Å². The van der Waals surface area contributed by atoms with Gasteiger partial charge in [-0.3, -0.25) is 0 Å². The number of rotatable bonds is 14. The van der Waals surface area contributed by atoms with Gasteiger partial charge in [0, 0.05) is 0 Å². The minimum absolute atomic E-state index is 0.895. The lowest BCUT2D eigenvalue weighted by atomic mass is 9.65. The molecule has 4 fully saturated rings. The first-order valence-corrected chi connectivity index (χ1v) is 22.1. The van der Waals surface area contributed by atoms with E-state index in [1.54, 1.807) is 88.2 Å². The van der Waals surface area contributed by atoms with Gasteiger partial charge < -0.3 is 4.74 Å². The Morgan fingerprint density at radius 2 is 0.745 bits per heavy atom. The zero-order valence-electron chi connectivity index (χ0n) is 31.5. The average molecular weight is 647 g/mol. The van der Waals surface area contributed by atoms with Crippen LogP contribution >= 0.6 is 0 Å². The van der Waals surface area contributed by atoms with Crippen molar-refractivity contribution in [1.29, 1.82) is 0 Å². The van der Waals surface area contributed by atoms with E-state index in [0.717, 1.165) is 72.4 Å². The third-order valence-corrected chi connectivity index (χ3v) is 15.7. The smallest absolute Gasteiger partial charge is 0.0681 e. The van der Waals surface area contributed by atoms with Gasteiger partial charge in [0.1, 0.15) is 0 Å². The molecule has 0 aliphatic heterocycles. The van der Waals surface area contributed by atoms with Crippen molar-refractivity contribution in [3.8, 4) is 0 Å². The van der Waals surface area contributed by atoms with Gasteiger partial charge in [0.05, 0.1) is 13.2 Å². The highest BCUT2D eigenvalue weighted by atomic mass is 16.5. The van der Waals surface area contributed by atoms with Crippen LogP contribution in [0.4, 0.5) is 0 Å². The lowest BCUT2D eigenvalue weighted by Crippen LogP contribution is -2.29. The normalized spacial score (nSPS) is 38.9. The fourth-order valence-electron chi connectivity index (χ4n) is 12.3. The highest BCUT2D eigenvalue weighted by Gasteiger charge is 2.35. The van der Waals surface area contributed by atoms with E-state index in [1.807, 2.05) is 0 Å². The third kappa shape index (κ3) is 10.7. The SMILES string of the molecule is CCCCC1CCC(C2CCC(C3CC=C(COCC4=CCC(C5CCC(C6CCC(CCCC)CC6)CC5)CC4)CC3)CC2)CC1. The van der Waals surface area contributed by atoms with E-state index in [2.05, 4.69) is 26.0 Å². The summed E-state index contributed by atoms with van der Waals surface area (Å²) in [6.07, 6.45) is 46.7. The Balaban J connectivity index is 0.815. The van der Waals surface area contributed by atoms with Crippen LogP contribution < -0.4 is 0 Å². The van der Waals surface area contributed by atoms with Gasteiger partial charge in [-0.15, -0.1) is 0 Å². The van der Waals surface area contributed by atoms with Gasteiger partial charge in [0.2, 0.25) is 0 Å². The van der Waals surface area contributed by atoms with E-state index in [9.17, 15) is 0 Å². The van der Waals surface area contributed by atoms with Crippen LogP contribution in [0, 0.1) is 59.2 Å². The Labute approximate surface area is 293 Å². The Morgan fingerprint density at radius 3 is 1.04 bits per heavy atom. The number of allylic oxidation sites excluding steroid dienone is 2. The van der Waals surface area contributed by atoms with Crippen molar-refractivity contribution in [2.75, 3.05) is 13.2 Å². The molecule has 1 nitrogen and oxygen atoms in total. The number of hydrogen-bond donors (Lipinski definition) is 0. The molecule has 4 saturated carbocycles. The second-order valence-corrected chi connectivity index (χ2v) is 18.5. The average Bonchev–Trinajstić information content (AvgIpc) is 3.14. The topological polar surface area (TPSA) is 9.23 Å². The van der Waals surface area contributed by atoms with Crippen molar-refractivity contribution < 1.29 is 4.74 Å².